The van der Waals surface area contributed by atoms with Gasteiger partial charge in [0.2, 0.25) is 0 Å². The van der Waals surface area contributed by atoms with Crippen LogP contribution in [0.3, 0.4) is 0 Å². The van der Waals surface area contributed by atoms with Crippen molar-refractivity contribution in [3.63, 3.8) is 0 Å². The molecule has 1 rings (SSSR count). The zero-order valence-corrected chi connectivity index (χ0v) is 8.95. The molecule has 1 aromatic rings. The number of benzene rings is 1. The van der Waals surface area contributed by atoms with Gasteiger partial charge in [0.15, 0.2) is 0 Å². The van der Waals surface area contributed by atoms with Crippen molar-refractivity contribution in [1.82, 2.24) is 0 Å². The second-order valence-corrected chi connectivity index (χ2v) is 2.36. The first-order valence-electron chi connectivity index (χ1n) is 2.35. The van der Waals surface area contributed by atoms with E-state index >= 15 is 0 Å². The summed E-state index contributed by atoms with van der Waals surface area (Å²) in [5.41, 5.74) is 0. The fraction of sp³-hybridized carbons (Fsp3) is 0. The number of hydrogen-bond donors (Lipinski definition) is 1. The summed E-state index contributed by atoms with van der Waals surface area (Å²) < 4.78 is 0. The Hall–Kier alpha value is 0.600. The average molecular weight is 187 g/mol. The third-order valence-corrected chi connectivity index (χ3v) is 1.74. The van der Waals surface area contributed by atoms with Crippen LogP contribution >= 0.6 is 23.2 Å². The summed E-state index contributed by atoms with van der Waals surface area (Å²) in [5.74, 6) is 0.0177. The average Bonchev–Trinajstić information content (AvgIpc) is 1.83. The Morgan fingerprint density at radius 3 is 2.30 bits per heavy atom. The molecule has 10 heavy (non-hydrogen) atoms. The molecule has 1 nitrogen and oxygen atoms in total. The number of rotatable bonds is 0. The summed E-state index contributed by atoms with van der Waals surface area (Å²) in [4.78, 5) is 0. The Morgan fingerprint density at radius 1 is 1.30 bits per heavy atom. The van der Waals surface area contributed by atoms with Gasteiger partial charge in [-0.1, -0.05) is 29.3 Å². The van der Waals surface area contributed by atoms with Crippen LogP contribution in [0.4, 0.5) is 0 Å². The van der Waals surface area contributed by atoms with Gasteiger partial charge in [-0.2, -0.15) is 0 Å². The maximum absolute atomic E-state index is 8.88. The Morgan fingerprint density at radius 2 is 1.90 bits per heavy atom. The van der Waals surface area contributed by atoms with Crippen molar-refractivity contribution in [3.05, 3.63) is 28.2 Å². The number of halogens is 2. The minimum atomic E-state index is 0. The molecule has 0 spiro atoms. The van der Waals surface area contributed by atoms with Gasteiger partial charge in [0, 0.05) is 0 Å². The van der Waals surface area contributed by atoms with Crippen LogP contribution in [0.2, 0.25) is 10.0 Å². The summed E-state index contributed by atoms with van der Waals surface area (Å²) in [6.45, 7) is 0. The van der Waals surface area contributed by atoms with Crippen molar-refractivity contribution in [2.24, 2.45) is 0 Å². The van der Waals surface area contributed by atoms with E-state index in [1.54, 1.807) is 12.1 Å². The van der Waals surface area contributed by atoms with E-state index in [1.807, 2.05) is 0 Å². The molecule has 0 atom stereocenters. The van der Waals surface area contributed by atoms with E-state index in [0.29, 0.717) is 5.02 Å². The number of phenolic OH excluding ortho intramolecular Hbond substituents is 1. The molecule has 0 saturated heterocycles. The van der Waals surface area contributed by atoms with Crippen LogP contribution in [-0.2, 0) is 0 Å². The maximum atomic E-state index is 8.88. The molecule has 0 heterocycles. The van der Waals surface area contributed by atoms with E-state index in [1.165, 1.54) is 6.07 Å². The summed E-state index contributed by atoms with van der Waals surface area (Å²) in [5, 5.41) is 9.46. The van der Waals surface area contributed by atoms with E-state index in [0.717, 1.165) is 0 Å². The summed E-state index contributed by atoms with van der Waals surface area (Å²) in [6, 6.07) is 4.72. The molecule has 50 valence electrons. The molecule has 0 aliphatic rings. The Balaban J connectivity index is 0. The van der Waals surface area contributed by atoms with E-state index in [2.05, 4.69) is 0 Å². The van der Waals surface area contributed by atoms with Crippen molar-refractivity contribution in [3.8, 4) is 5.75 Å². The molecular formula is C6H5Cl2NaO. The summed E-state index contributed by atoms with van der Waals surface area (Å²) in [6.07, 6.45) is 0. The zero-order valence-electron chi connectivity index (χ0n) is 6.44. The van der Waals surface area contributed by atoms with Crippen LogP contribution in [0.25, 0.3) is 0 Å². The van der Waals surface area contributed by atoms with Gasteiger partial charge in [-0.25, -0.2) is 0 Å². The third kappa shape index (κ3) is 2.33. The van der Waals surface area contributed by atoms with Gasteiger partial charge >= 0.3 is 29.6 Å². The molecule has 0 aromatic heterocycles. The maximum Gasteiger partial charge on any atom is 1.00 e. The minimum absolute atomic E-state index is 0. The van der Waals surface area contributed by atoms with Crippen LogP contribution in [0.15, 0.2) is 18.2 Å². The van der Waals surface area contributed by atoms with Gasteiger partial charge in [-0.05, 0) is 12.1 Å². The summed E-state index contributed by atoms with van der Waals surface area (Å²) >= 11 is 11.0. The number of aromatic hydroxyl groups is 1. The fourth-order valence-electron chi connectivity index (χ4n) is 0.492. The monoisotopic (exact) mass is 186 g/mol. The van der Waals surface area contributed by atoms with Crippen molar-refractivity contribution < 1.29 is 36.1 Å². The molecule has 0 unspecified atom stereocenters. The Labute approximate surface area is 92.7 Å². The molecular weight excluding hydrogens is 182 g/mol. The standard InChI is InChI=1S/C6H4Cl2O.Na.H/c7-4-2-1-3-5(9)6(4)8;;/h1-3,9H;;/q;+1;-1. The van der Waals surface area contributed by atoms with Crippen molar-refractivity contribution in [2.75, 3.05) is 0 Å². The molecule has 1 N–H and O–H groups in total. The molecule has 0 bridgehead atoms. The molecule has 0 fully saturated rings. The second kappa shape index (κ2) is 4.47. The van der Waals surface area contributed by atoms with Crippen molar-refractivity contribution in [1.29, 1.82) is 0 Å². The molecule has 0 aliphatic heterocycles. The smallest absolute Gasteiger partial charge is 1.00 e. The van der Waals surface area contributed by atoms with Gasteiger partial charge in [-0.3, -0.25) is 0 Å². The molecule has 1 aromatic carbocycles. The van der Waals surface area contributed by atoms with Gasteiger partial charge in [0.1, 0.15) is 10.8 Å². The Bertz CT molecular complexity index is 212. The van der Waals surface area contributed by atoms with Crippen molar-refractivity contribution in [2.45, 2.75) is 0 Å². The van der Waals surface area contributed by atoms with Crippen LogP contribution < -0.4 is 29.6 Å². The van der Waals surface area contributed by atoms with Gasteiger partial charge < -0.3 is 6.53 Å². The Kier molecular flexibility index (Phi) is 4.74. The zero-order chi connectivity index (χ0) is 6.85. The first kappa shape index (κ1) is 10.6. The third-order valence-electron chi connectivity index (χ3n) is 0.931. The largest absolute Gasteiger partial charge is 1.00 e. The molecule has 0 amide bonds. The second-order valence-electron chi connectivity index (χ2n) is 1.57. The normalized spacial score (nSPS) is 8.60. The SMILES string of the molecule is Oc1cccc(Cl)c1Cl.[H-].[Na+]. The molecule has 0 aliphatic carbocycles. The topological polar surface area (TPSA) is 20.2 Å². The van der Waals surface area contributed by atoms with Gasteiger partial charge in [0.05, 0.1) is 5.02 Å². The first-order chi connectivity index (χ1) is 4.22. The van der Waals surface area contributed by atoms with Crippen LogP contribution in [-0.4, -0.2) is 5.11 Å². The van der Waals surface area contributed by atoms with Gasteiger partial charge in [0.25, 0.3) is 0 Å². The van der Waals surface area contributed by atoms with E-state index in [-0.39, 0.29) is 41.8 Å². The quantitative estimate of drug-likeness (QED) is 0.558. The van der Waals surface area contributed by atoms with Crippen LogP contribution in [0.1, 0.15) is 1.43 Å². The first-order valence-corrected chi connectivity index (χ1v) is 3.10. The summed E-state index contributed by atoms with van der Waals surface area (Å²) in [7, 11) is 0. The van der Waals surface area contributed by atoms with E-state index in [4.69, 9.17) is 28.3 Å². The van der Waals surface area contributed by atoms with Crippen molar-refractivity contribution >= 4 is 23.2 Å². The van der Waals surface area contributed by atoms with E-state index in [9.17, 15) is 0 Å². The molecule has 4 heteroatoms. The predicted molar refractivity (Wildman–Crippen MR) is 39.2 cm³/mol. The van der Waals surface area contributed by atoms with E-state index < -0.39 is 0 Å². The van der Waals surface area contributed by atoms with Crippen LogP contribution in [0, 0.1) is 0 Å². The predicted octanol–water partition coefficient (Wildman–Crippen LogP) is -0.185. The molecule has 0 radical (unpaired) electrons. The number of phenols is 1. The fourth-order valence-corrected chi connectivity index (χ4v) is 0.788. The minimum Gasteiger partial charge on any atom is -1.00 e. The van der Waals surface area contributed by atoms with Gasteiger partial charge in [-0.15, -0.1) is 0 Å². The molecule has 0 saturated carbocycles. The van der Waals surface area contributed by atoms with Crippen LogP contribution in [0.5, 0.6) is 5.75 Å². The number of hydrogen-bond acceptors (Lipinski definition) is 1.